The minimum atomic E-state index is 0.364. The first-order chi connectivity index (χ1) is 9.69. The Hall–Kier alpha value is -0.900. The first kappa shape index (κ1) is 15.5. The fourth-order valence-electron chi connectivity index (χ4n) is 3.17. The maximum absolute atomic E-state index is 6.07. The van der Waals surface area contributed by atoms with Crippen LogP contribution in [0.25, 0.3) is 0 Å². The number of aryl methyl sites for hydroxylation is 1. The Kier molecular flexibility index (Phi) is 5.58. The van der Waals surface area contributed by atoms with E-state index in [1.807, 2.05) is 0 Å². The summed E-state index contributed by atoms with van der Waals surface area (Å²) in [6.45, 7) is 8.56. The zero-order valence-electron chi connectivity index (χ0n) is 13.2. The van der Waals surface area contributed by atoms with Gasteiger partial charge < -0.3 is 10.6 Å². The molecule has 0 aliphatic carbocycles. The van der Waals surface area contributed by atoms with Crippen LogP contribution in [-0.2, 0) is 6.42 Å². The Morgan fingerprint density at radius 3 is 2.45 bits per heavy atom. The minimum Gasteiger partial charge on any atom is -0.329 e. The highest BCUT2D eigenvalue weighted by Gasteiger charge is 2.27. The second-order valence-corrected chi connectivity index (χ2v) is 5.88. The number of hydrogen-bond acceptors (Lipinski definition) is 3. The lowest BCUT2D eigenvalue weighted by Crippen LogP contribution is -2.53. The van der Waals surface area contributed by atoms with Gasteiger partial charge in [0.1, 0.15) is 0 Å². The van der Waals surface area contributed by atoms with Gasteiger partial charge in [-0.05, 0) is 31.0 Å². The van der Waals surface area contributed by atoms with Crippen molar-refractivity contribution in [2.75, 3.05) is 33.2 Å². The van der Waals surface area contributed by atoms with Crippen molar-refractivity contribution in [3.05, 3.63) is 35.4 Å². The smallest absolute Gasteiger partial charge is 0.0471 e. The summed E-state index contributed by atoms with van der Waals surface area (Å²) in [5, 5.41) is 0. The highest BCUT2D eigenvalue weighted by Crippen LogP contribution is 2.24. The SMILES string of the molecule is CCc1ccc(C(CN)N2CCN(C)C(CC)C2)cc1. The molecule has 1 fully saturated rings. The van der Waals surface area contributed by atoms with Crippen molar-refractivity contribution in [3.63, 3.8) is 0 Å². The van der Waals surface area contributed by atoms with E-state index in [-0.39, 0.29) is 0 Å². The molecule has 0 radical (unpaired) electrons. The van der Waals surface area contributed by atoms with Crippen molar-refractivity contribution in [1.82, 2.24) is 9.80 Å². The van der Waals surface area contributed by atoms with E-state index in [1.165, 1.54) is 17.5 Å². The average Bonchev–Trinajstić information content (AvgIpc) is 2.50. The van der Waals surface area contributed by atoms with Gasteiger partial charge in [0, 0.05) is 38.3 Å². The molecule has 2 unspecified atom stereocenters. The Morgan fingerprint density at radius 2 is 1.90 bits per heavy atom. The standard InChI is InChI=1S/C17H29N3/c1-4-14-6-8-15(9-7-14)17(12-18)20-11-10-19(3)16(5-2)13-20/h6-9,16-17H,4-5,10-13,18H2,1-3H3. The fourth-order valence-corrected chi connectivity index (χ4v) is 3.17. The molecule has 3 nitrogen and oxygen atoms in total. The summed E-state index contributed by atoms with van der Waals surface area (Å²) in [5.74, 6) is 0. The molecule has 0 amide bonds. The van der Waals surface area contributed by atoms with Crippen LogP contribution in [0, 0.1) is 0 Å². The van der Waals surface area contributed by atoms with Gasteiger partial charge in [0.2, 0.25) is 0 Å². The van der Waals surface area contributed by atoms with E-state index in [1.54, 1.807) is 0 Å². The topological polar surface area (TPSA) is 32.5 Å². The zero-order valence-corrected chi connectivity index (χ0v) is 13.2. The summed E-state index contributed by atoms with van der Waals surface area (Å²) in [6.07, 6.45) is 2.30. The van der Waals surface area contributed by atoms with Crippen LogP contribution in [0.2, 0.25) is 0 Å². The zero-order chi connectivity index (χ0) is 14.5. The highest BCUT2D eigenvalue weighted by atomic mass is 15.3. The molecule has 3 heteroatoms. The van der Waals surface area contributed by atoms with Gasteiger partial charge in [-0.2, -0.15) is 0 Å². The van der Waals surface area contributed by atoms with Crippen molar-refractivity contribution in [2.45, 2.75) is 38.8 Å². The largest absolute Gasteiger partial charge is 0.329 e. The Balaban J connectivity index is 2.10. The van der Waals surface area contributed by atoms with E-state index >= 15 is 0 Å². The van der Waals surface area contributed by atoms with E-state index in [0.717, 1.165) is 26.1 Å². The van der Waals surface area contributed by atoms with Crippen molar-refractivity contribution in [3.8, 4) is 0 Å². The van der Waals surface area contributed by atoms with Gasteiger partial charge in [-0.15, -0.1) is 0 Å². The van der Waals surface area contributed by atoms with Crippen LogP contribution >= 0.6 is 0 Å². The molecule has 1 aromatic rings. The average molecular weight is 275 g/mol. The maximum atomic E-state index is 6.07. The Labute approximate surface area is 123 Å². The number of hydrogen-bond donors (Lipinski definition) is 1. The Bertz CT molecular complexity index is 401. The lowest BCUT2D eigenvalue weighted by molar-refractivity contribution is 0.0644. The third kappa shape index (κ3) is 3.40. The summed E-state index contributed by atoms with van der Waals surface area (Å²) in [7, 11) is 2.24. The van der Waals surface area contributed by atoms with E-state index in [9.17, 15) is 0 Å². The molecule has 1 heterocycles. The van der Waals surface area contributed by atoms with Crippen LogP contribution < -0.4 is 5.73 Å². The molecule has 1 aliphatic heterocycles. The third-order valence-electron chi connectivity index (χ3n) is 4.72. The van der Waals surface area contributed by atoms with Crippen molar-refractivity contribution in [2.24, 2.45) is 5.73 Å². The van der Waals surface area contributed by atoms with Crippen molar-refractivity contribution < 1.29 is 0 Å². The number of rotatable bonds is 5. The minimum absolute atomic E-state index is 0.364. The van der Waals surface area contributed by atoms with Crippen LogP contribution in [0.1, 0.15) is 37.4 Å². The number of nitrogens with zero attached hydrogens (tertiary/aromatic N) is 2. The van der Waals surface area contributed by atoms with Crippen LogP contribution in [0.3, 0.4) is 0 Å². The molecule has 0 aromatic heterocycles. The van der Waals surface area contributed by atoms with Gasteiger partial charge >= 0.3 is 0 Å². The van der Waals surface area contributed by atoms with Gasteiger partial charge in [0.15, 0.2) is 0 Å². The molecule has 0 bridgehead atoms. The van der Waals surface area contributed by atoms with Crippen molar-refractivity contribution >= 4 is 0 Å². The summed E-state index contributed by atoms with van der Waals surface area (Å²) in [5.41, 5.74) is 8.83. The molecule has 1 aromatic carbocycles. The monoisotopic (exact) mass is 275 g/mol. The Morgan fingerprint density at radius 1 is 1.20 bits per heavy atom. The molecule has 2 N–H and O–H groups in total. The van der Waals surface area contributed by atoms with Crippen molar-refractivity contribution in [1.29, 1.82) is 0 Å². The number of piperazine rings is 1. The van der Waals surface area contributed by atoms with E-state index in [0.29, 0.717) is 18.6 Å². The quantitative estimate of drug-likeness (QED) is 0.895. The van der Waals surface area contributed by atoms with Crippen LogP contribution in [0.4, 0.5) is 0 Å². The van der Waals surface area contributed by atoms with Gasteiger partial charge in [-0.1, -0.05) is 38.1 Å². The van der Waals surface area contributed by atoms with E-state index in [2.05, 4.69) is 55.0 Å². The lowest BCUT2D eigenvalue weighted by Gasteiger charge is -2.42. The molecule has 2 rings (SSSR count). The summed E-state index contributed by atoms with van der Waals surface area (Å²) in [6, 6.07) is 10.0. The molecule has 20 heavy (non-hydrogen) atoms. The molecule has 1 aliphatic rings. The summed E-state index contributed by atoms with van der Waals surface area (Å²) < 4.78 is 0. The highest BCUT2D eigenvalue weighted by molar-refractivity contribution is 5.25. The van der Waals surface area contributed by atoms with Gasteiger partial charge in [-0.25, -0.2) is 0 Å². The van der Waals surface area contributed by atoms with Crippen LogP contribution in [-0.4, -0.2) is 49.1 Å². The van der Waals surface area contributed by atoms with Crippen LogP contribution in [0.15, 0.2) is 24.3 Å². The summed E-state index contributed by atoms with van der Waals surface area (Å²) >= 11 is 0. The summed E-state index contributed by atoms with van der Waals surface area (Å²) in [4.78, 5) is 5.04. The molecular weight excluding hydrogens is 246 g/mol. The second-order valence-electron chi connectivity index (χ2n) is 5.88. The van der Waals surface area contributed by atoms with Gasteiger partial charge in [0.05, 0.1) is 0 Å². The number of likely N-dealkylation sites (N-methyl/N-ethyl adjacent to an activating group) is 1. The predicted molar refractivity (Wildman–Crippen MR) is 85.9 cm³/mol. The lowest BCUT2D eigenvalue weighted by atomic mass is 10.00. The first-order valence-corrected chi connectivity index (χ1v) is 7.92. The number of nitrogens with two attached hydrogens (primary N) is 1. The van der Waals surface area contributed by atoms with Crippen LogP contribution in [0.5, 0.6) is 0 Å². The van der Waals surface area contributed by atoms with Gasteiger partial charge in [-0.3, -0.25) is 4.90 Å². The second kappa shape index (κ2) is 7.21. The first-order valence-electron chi connectivity index (χ1n) is 7.92. The van der Waals surface area contributed by atoms with E-state index in [4.69, 9.17) is 5.73 Å². The molecular formula is C17H29N3. The molecule has 112 valence electrons. The molecule has 1 saturated heterocycles. The molecule has 2 atom stereocenters. The normalized spacial score (nSPS) is 22.9. The number of benzene rings is 1. The molecule has 0 saturated carbocycles. The van der Waals surface area contributed by atoms with Gasteiger partial charge in [0.25, 0.3) is 0 Å². The van der Waals surface area contributed by atoms with E-state index < -0.39 is 0 Å². The third-order valence-corrected chi connectivity index (χ3v) is 4.72. The predicted octanol–water partition coefficient (Wildman–Crippen LogP) is 2.27. The fraction of sp³-hybridized carbons (Fsp3) is 0.647. The maximum Gasteiger partial charge on any atom is 0.0471 e. The molecule has 0 spiro atoms.